The van der Waals surface area contributed by atoms with Gasteiger partial charge in [-0.25, -0.2) is 0 Å². The highest BCUT2D eigenvalue weighted by molar-refractivity contribution is 6.09. The van der Waals surface area contributed by atoms with Crippen molar-refractivity contribution in [2.75, 3.05) is 5.32 Å². The minimum absolute atomic E-state index is 0.0820. The van der Waals surface area contributed by atoms with Gasteiger partial charge in [-0.3, -0.25) is 19.6 Å². The lowest BCUT2D eigenvalue weighted by Crippen LogP contribution is -2.35. The number of nitrogens with one attached hydrogen (secondary N) is 2. The number of rotatable bonds is 3. The topological polar surface area (TPSA) is 84.0 Å². The van der Waals surface area contributed by atoms with Crippen molar-refractivity contribution in [3.8, 4) is 0 Å². The first-order valence-electron chi connectivity index (χ1n) is 9.01. The normalized spacial score (nSPS) is 19.4. The van der Waals surface area contributed by atoms with Gasteiger partial charge < -0.3 is 10.6 Å². The molecule has 1 aliphatic carbocycles. The SMILES string of the molecule is CC1=C(C(=O)Nc2cccnc2)[C@H](c2ccccn2)C2=C(CCCC2=O)N1. The molecule has 0 spiro atoms. The summed E-state index contributed by atoms with van der Waals surface area (Å²) in [6.45, 7) is 1.87. The van der Waals surface area contributed by atoms with E-state index in [-0.39, 0.29) is 11.7 Å². The fourth-order valence-corrected chi connectivity index (χ4v) is 3.76. The van der Waals surface area contributed by atoms with Crippen LogP contribution in [0.15, 0.2) is 71.5 Å². The van der Waals surface area contributed by atoms with Gasteiger partial charge in [-0.15, -0.1) is 0 Å². The molecule has 0 bridgehead atoms. The summed E-state index contributed by atoms with van der Waals surface area (Å²) in [7, 11) is 0. The van der Waals surface area contributed by atoms with Gasteiger partial charge in [-0.2, -0.15) is 0 Å². The number of aromatic nitrogens is 2. The van der Waals surface area contributed by atoms with Gasteiger partial charge in [0.2, 0.25) is 0 Å². The van der Waals surface area contributed by atoms with E-state index in [9.17, 15) is 9.59 Å². The van der Waals surface area contributed by atoms with Gasteiger partial charge in [0.25, 0.3) is 5.91 Å². The number of carbonyl (C=O) groups excluding carboxylic acids is 2. The lowest BCUT2D eigenvalue weighted by atomic mass is 9.76. The molecule has 2 N–H and O–H groups in total. The first-order chi connectivity index (χ1) is 13.1. The second kappa shape index (κ2) is 7.15. The Morgan fingerprint density at radius 3 is 2.81 bits per heavy atom. The summed E-state index contributed by atoms with van der Waals surface area (Å²) in [5.74, 6) is -0.640. The van der Waals surface area contributed by atoms with Gasteiger partial charge in [0.15, 0.2) is 5.78 Å². The third kappa shape index (κ3) is 3.26. The molecule has 1 atom stereocenters. The van der Waals surface area contributed by atoms with E-state index in [0.717, 1.165) is 24.2 Å². The molecule has 2 aliphatic rings. The predicted molar refractivity (Wildman–Crippen MR) is 102 cm³/mol. The van der Waals surface area contributed by atoms with E-state index in [2.05, 4.69) is 20.6 Å². The van der Waals surface area contributed by atoms with Crippen LogP contribution in [0.25, 0.3) is 0 Å². The number of dihydropyridines is 1. The number of hydrogen-bond acceptors (Lipinski definition) is 5. The molecular weight excluding hydrogens is 340 g/mol. The van der Waals surface area contributed by atoms with Gasteiger partial charge in [-0.1, -0.05) is 6.07 Å². The Morgan fingerprint density at radius 2 is 2.07 bits per heavy atom. The summed E-state index contributed by atoms with van der Waals surface area (Å²) in [6, 6.07) is 9.12. The molecule has 1 aliphatic heterocycles. The second-order valence-corrected chi connectivity index (χ2v) is 6.72. The van der Waals surface area contributed by atoms with E-state index in [0.29, 0.717) is 28.9 Å². The molecule has 1 amide bonds. The van der Waals surface area contributed by atoms with Crippen LogP contribution in [0, 0.1) is 0 Å². The average Bonchev–Trinajstić information content (AvgIpc) is 2.68. The number of nitrogens with zero attached hydrogens (tertiary/aromatic N) is 2. The molecule has 6 nitrogen and oxygen atoms in total. The number of carbonyl (C=O) groups is 2. The number of Topliss-reactive ketones (excluding diaryl/α,β-unsaturated/α-hetero) is 1. The van der Waals surface area contributed by atoms with Gasteiger partial charge in [-0.05, 0) is 44.0 Å². The Bertz CT molecular complexity index is 949. The van der Waals surface area contributed by atoms with Crippen LogP contribution in [0.5, 0.6) is 0 Å². The number of anilines is 1. The average molecular weight is 360 g/mol. The smallest absolute Gasteiger partial charge is 0.254 e. The largest absolute Gasteiger partial charge is 0.362 e. The van der Waals surface area contributed by atoms with Crippen LogP contribution in [0.3, 0.4) is 0 Å². The molecule has 0 unspecified atom stereocenters. The highest BCUT2D eigenvalue weighted by atomic mass is 16.2. The maximum Gasteiger partial charge on any atom is 0.254 e. The highest BCUT2D eigenvalue weighted by Gasteiger charge is 2.39. The van der Waals surface area contributed by atoms with E-state index < -0.39 is 5.92 Å². The number of hydrogen-bond donors (Lipinski definition) is 2. The zero-order chi connectivity index (χ0) is 18.8. The van der Waals surface area contributed by atoms with Crippen LogP contribution in [-0.2, 0) is 9.59 Å². The fourth-order valence-electron chi connectivity index (χ4n) is 3.76. The first-order valence-corrected chi connectivity index (χ1v) is 9.01. The maximum absolute atomic E-state index is 13.1. The van der Waals surface area contributed by atoms with Crippen LogP contribution in [-0.4, -0.2) is 21.7 Å². The van der Waals surface area contributed by atoms with Gasteiger partial charge in [0.1, 0.15) is 0 Å². The number of allylic oxidation sites excluding steroid dienone is 3. The number of amides is 1. The molecule has 136 valence electrons. The molecule has 0 saturated carbocycles. The van der Waals surface area contributed by atoms with Crippen molar-refractivity contribution >= 4 is 17.4 Å². The van der Waals surface area contributed by atoms with E-state index >= 15 is 0 Å². The molecular formula is C21H20N4O2. The van der Waals surface area contributed by atoms with Crippen LogP contribution in [0.1, 0.15) is 37.8 Å². The van der Waals surface area contributed by atoms with Gasteiger partial charge in [0, 0.05) is 41.4 Å². The summed E-state index contributed by atoms with van der Waals surface area (Å²) in [6.07, 6.45) is 7.06. The zero-order valence-electron chi connectivity index (χ0n) is 15.0. The van der Waals surface area contributed by atoms with Gasteiger partial charge >= 0.3 is 0 Å². The van der Waals surface area contributed by atoms with Crippen molar-refractivity contribution < 1.29 is 9.59 Å². The molecule has 2 aromatic heterocycles. The molecule has 0 aromatic carbocycles. The van der Waals surface area contributed by atoms with Crippen LogP contribution in [0.4, 0.5) is 5.69 Å². The molecule has 2 aromatic rings. The summed E-state index contributed by atoms with van der Waals surface area (Å²) < 4.78 is 0. The predicted octanol–water partition coefficient (Wildman–Crippen LogP) is 3.08. The van der Waals surface area contributed by atoms with E-state index in [4.69, 9.17) is 0 Å². The molecule has 0 saturated heterocycles. The van der Waals surface area contributed by atoms with Crippen molar-refractivity contribution in [1.82, 2.24) is 15.3 Å². The first kappa shape index (κ1) is 17.1. The van der Waals surface area contributed by atoms with Gasteiger partial charge in [0.05, 0.1) is 23.5 Å². The Labute approximate surface area is 157 Å². The third-order valence-electron chi connectivity index (χ3n) is 4.92. The Hall–Kier alpha value is -3.28. The fraction of sp³-hybridized carbons (Fsp3) is 0.238. The quantitative estimate of drug-likeness (QED) is 0.879. The lowest BCUT2D eigenvalue weighted by molar-refractivity contribution is -0.116. The van der Waals surface area contributed by atoms with Crippen molar-refractivity contribution in [1.29, 1.82) is 0 Å². The molecule has 0 fully saturated rings. The molecule has 3 heterocycles. The van der Waals surface area contributed by atoms with Crippen molar-refractivity contribution in [3.05, 3.63) is 77.2 Å². The van der Waals surface area contributed by atoms with E-state index in [1.54, 1.807) is 30.7 Å². The van der Waals surface area contributed by atoms with Crippen molar-refractivity contribution in [3.63, 3.8) is 0 Å². The van der Waals surface area contributed by atoms with Crippen molar-refractivity contribution in [2.24, 2.45) is 0 Å². The lowest BCUT2D eigenvalue weighted by Gasteiger charge is -2.34. The number of ketones is 1. The van der Waals surface area contributed by atoms with Crippen LogP contribution >= 0.6 is 0 Å². The molecule has 0 radical (unpaired) electrons. The zero-order valence-corrected chi connectivity index (χ0v) is 15.0. The molecule has 27 heavy (non-hydrogen) atoms. The highest BCUT2D eigenvalue weighted by Crippen LogP contribution is 2.41. The number of pyridine rings is 2. The summed E-state index contributed by atoms with van der Waals surface area (Å²) >= 11 is 0. The van der Waals surface area contributed by atoms with E-state index in [1.807, 2.05) is 25.1 Å². The Kier molecular flexibility index (Phi) is 4.54. The minimum Gasteiger partial charge on any atom is -0.362 e. The van der Waals surface area contributed by atoms with Crippen LogP contribution in [0.2, 0.25) is 0 Å². The monoisotopic (exact) mass is 360 g/mol. The Balaban J connectivity index is 1.78. The summed E-state index contributed by atoms with van der Waals surface area (Å²) in [5, 5.41) is 6.19. The minimum atomic E-state index is -0.466. The second-order valence-electron chi connectivity index (χ2n) is 6.72. The van der Waals surface area contributed by atoms with Crippen molar-refractivity contribution in [2.45, 2.75) is 32.1 Å². The maximum atomic E-state index is 13.1. The molecule has 4 rings (SSSR count). The van der Waals surface area contributed by atoms with E-state index in [1.165, 1.54) is 0 Å². The summed E-state index contributed by atoms with van der Waals surface area (Å²) in [5.41, 5.74) is 4.17. The Morgan fingerprint density at radius 1 is 1.19 bits per heavy atom. The standard InChI is InChI=1S/C21H20N4O2/c1-13-18(21(27)25-14-6-5-10-22-12-14)20(15-7-2-3-11-23-15)19-16(24-13)8-4-9-17(19)26/h2-3,5-7,10-12,20,24H,4,8-9H2,1H3,(H,25,27)/t20-/m0/s1. The summed E-state index contributed by atoms with van der Waals surface area (Å²) in [4.78, 5) is 34.4. The third-order valence-corrected chi connectivity index (χ3v) is 4.92. The molecule has 6 heteroatoms. The van der Waals surface area contributed by atoms with Crippen LogP contribution < -0.4 is 10.6 Å².